The van der Waals surface area contributed by atoms with Crippen molar-refractivity contribution in [1.29, 1.82) is 0 Å². The lowest BCUT2D eigenvalue weighted by Gasteiger charge is -2.40. The molecule has 0 aromatic rings. The number of carbonyl (C=O) groups is 1. The standard InChI is InChI=1S/C75H149NO8/c1-3-5-7-9-11-13-15-17-19-21-23-25-27-29-31-32-33-34-35-36-37-38-39-41-43-45-47-49-51-53-55-57-59-61-63-65-71(79)76-68(67-83-75-74(82)73(81)72(80)70(66-77)84-75)69(78)64-62-60-58-56-54-52-50-48-46-44-42-40-30-28-26-24-22-20-18-16-14-12-10-8-6-4-2/h68-70,72-75,77-78,80-82H,3-67H2,1-2H3,(H,76,79). The monoisotopic (exact) mass is 1190 g/mol. The van der Waals surface area contributed by atoms with E-state index in [2.05, 4.69) is 19.2 Å². The van der Waals surface area contributed by atoms with E-state index < -0.39 is 49.5 Å². The number of rotatable bonds is 69. The Morgan fingerprint density at radius 3 is 0.845 bits per heavy atom. The molecule has 7 atom stereocenters. The third-order valence-electron chi connectivity index (χ3n) is 19.0. The first kappa shape index (κ1) is 81.2. The predicted octanol–water partition coefficient (Wildman–Crippen LogP) is 21.3. The van der Waals surface area contributed by atoms with Gasteiger partial charge in [0.25, 0.3) is 0 Å². The molecule has 0 aromatic heterocycles. The molecule has 0 radical (unpaired) electrons. The quantitative estimate of drug-likeness (QED) is 0.0330. The van der Waals surface area contributed by atoms with E-state index >= 15 is 0 Å². The molecule has 502 valence electrons. The summed E-state index contributed by atoms with van der Waals surface area (Å²) in [5.74, 6) is -0.132. The fraction of sp³-hybridized carbons (Fsp3) is 0.987. The van der Waals surface area contributed by atoms with Gasteiger partial charge in [0.05, 0.1) is 25.4 Å². The van der Waals surface area contributed by atoms with E-state index in [0.29, 0.717) is 12.8 Å². The van der Waals surface area contributed by atoms with Crippen molar-refractivity contribution < 1.29 is 39.8 Å². The first-order valence-electron chi connectivity index (χ1n) is 38.2. The fourth-order valence-corrected chi connectivity index (χ4v) is 13.0. The van der Waals surface area contributed by atoms with Gasteiger partial charge in [-0.05, 0) is 12.8 Å². The highest BCUT2D eigenvalue weighted by atomic mass is 16.7. The highest BCUT2D eigenvalue weighted by Gasteiger charge is 2.44. The maximum Gasteiger partial charge on any atom is 0.220 e. The van der Waals surface area contributed by atoms with Crippen LogP contribution in [0.5, 0.6) is 0 Å². The fourth-order valence-electron chi connectivity index (χ4n) is 13.0. The number of unbranched alkanes of at least 4 members (excludes halogenated alkanes) is 59. The van der Waals surface area contributed by atoms with Crippen molar-refractivity contribution in [3.05, 3.63) is 0 Å². The lowest BCUT2D eigenvalue weighted by molar-refractivity contribution is -0.302. The molecule has 1 aliphatic rings. The Morgan fingerprint density at radius 1 is 0.357 bits per heavy atom. The second kappa shape index (κ2) is 65.2. The number of aliphatic hydroxyl groups is 5. The van der Waals surface area contributed by atoms with Crippen LogP contribution in [0, 0.1) is 0 Å². The number of hydrogen-bond donors (Lipinski definition) is 6. The Bertz CT molecular complexity index is 1290. The number of carbonyl (C=O) groups excluding carboxylic acids is 1. The molecule has 1 heterocycles. The second-order valence-electron chi connectivity index (χ2n) is 27.2. The molecule has 1 rings (SSSR count). The van der Waals surface area contributed by atoms with Gasteiger partial charge >= 0.3 is 0 Å². The topological polar surface area (TPSA) is 149 Å². The first-order valence-corrected chi connectivity index (χ1v) is 38.2. The summed E-state index contributed by atoms with van der Waals surface area (Å²) >= 11 is 0. The number of amides is 1. The molecule has 9 nitrogen and oxygen atoms in total. The first-order chi connectivity index (χ1) is 41.3. The normalized spacial score (nSPS) is 18.0. The van der Waals surface area contributed by atoms with Gasteiger partial charge in [-0.1, -0.05) is 399 Å². The Balaban J connectivity index is 2.05. The molecule has 1 aliphatic heterocycles. The zero-order chi connectivity index (χ0) is 60.7. The average molecular weight is 1190 g/mol. The number of ether oxygens (including phenoxy) is 2. The Kier molecular flexibility index (Phi) is 63.0. The van der Waals surface area contributed by atoms with E-state index in [-0.39, 0.29) is 12.5 Å². The highest BCUT2D eigenvalue weighted by molar-refractivity contribution is 5.76. The van der Waals surface area contributed by atoms with Crippen LogP contribution in [0.15, 0.2) is 0 Å². The van der Waals surface area contributed by atoms with E-state index in [1.54, 1.807) is 0 Å². The van der Waals surface area contributed by atoms with Gasteiger partial charge < -0.3 is 40.3 Å². The molecular formula is C75H149NO8. The summed E-state index contributed by atoms with van der Waals surface area (Å²) in [6.07, 6.45) is 76.3. The summed E-state index contributed by atoms with van der Waals surface area (Å²) in [6, 6.07) is -0.716. The van der Waals surface area contributed by atoms with Crippen LogP contribution >= 0.6 is 0 Å². The lowest BCUT2D eigenvalue weighted by atomic mass is 9.99. The number of aliphatic hydroxyl groups excluding tert-OH is 5. The van der Waals surface area contributed by atoms with Crippen LogP contribution in [-0.2, 0) is 14.3 Å². The molecule has 7 unspecified atom stereocenters. The van der Waals surface area contributed by atoms with Crippen LogP contribution in [0.1, 0.15) is 418 Å². The summed E-state index contributed by atoms with van der Waals surface area (Å²) in [5, 5.41) is 55.0. The van der Waals surface area contributed by atoms with Crippen LogP contribution in [0.25, 0.3) is 0 Å². The van der Waals surface area contributed by atoms with Crippen molar-refractivity contribution in [3.8, 4) is 0 Å². The van der Waals surface area contributed by atoms with Gasteiger partial charge in [-0.3, -0.25) is 4.79 Å². The molecule has 84 heavy (non-hydrogen) atoms. The van der Waals surface area contributed by atoms with Crippen molar-refractivity contribution >= 4 is 5.91 Å². The minimum atomic E-state index is -1.55. The summed E-state index contributed by atoms with van der Waals surface area (Å²) in [5.41, 5.74) is 0. The number of hydrogen-bond acceptors (Lipinski definition) is 8. The second-order valence-corrected chi connectivity index (χ2v) is 27.2. The van der Waals surface area contributed by atoms with Crippen LogP contribution in [-0.4, -0.2) is 87.5 Å². The van der Waals surface area contributed by atoms with Crippen LogP contribution in [0.2, 0.25) is 0 Å². The van der Waals surface area contributed by atoms with E-state index in [1.807, 2.05) is 0 Å². The minimum absolute atomic E-state index is 0.130. The largest absolute Gasteiger partial charge is 0.394 e. The summed E-state index contributed by atoms with van der Waals surface area (Å²) in [4.78, 5) is 13.2. The van der Waals surface area contributed by atoms with Crippen LogP contribution < -0.4 is 5.32 Å². The highest BCUT2D eigenvalue weighted by Crippen LogP contribution is 2.24. The van der Waals surface area contributed by atoms with E-state index in [9.17, 15) is 30.3 Å². The van der Waals surface area contributed by atoms with Crippen LogP contribution in [0.4, 0.5) is 0 Å². The van der Waals surface area contributed by atoms with Crippen molar-refractivity contribution in [2.75, 3.05) is 13.2 Å². The van der Waals surface area contributed by atoms with Gasteiger partial charge in [-0.25, -0.2) is 0 Å². The van der Waals surface area contributed by atoms with Gasteiger partial charge in [0, 0.05) is 6.42 Å². The van der Waals surface area contributed by atoms with Gasteiger partial charge in [0.1, 0.15) is 24.4 Å². The molecule has 0 saturated carbocycles. The zero-order valence-corrected chi connectivity index (χ0v) is 56.5. The molecule has 0 aromatic carbocycles. The van der Waals surface area contributed by atoms with Crippen molar-refractivity contribution in [3.63, 3.8) is 0 Å². The average Bonchev–Trinajstić information content (AvgIpc) is 3.70. The molecule has 1 saturated heterocycles. The Morgan fingerprint density at radius 2 is 0.595 bits per heavy atom. The smallest absolute Gasteiger partial charge is 0.220 e. The Labute approximate surface area is 523 Å². The maximum atomic E-state index is 13.2. The van der Waals surface area contributed by atoms with Crippen molar-refractivity contribution in [1.82, 2.24) is 5.32 Å². The number of nitrogens with one attached hydrogen (secondary N) is 1. The molecule has 1 fully saturated rings. The third-order valence-corrected chi connectivity index (χ3v) is 19.0. The van der Waals surface area contributed by atoms with E-state index in [1.165, 1.54) is 353 Å². The molecule has 9 heteroatoms. The van der Waals surface area contributed by atoms with Gasteiger partial charge in [-0.2, -0.15) is 0 Å². The van der Waals surface area contributed by atoms with Crippen molar-refractivity contribution in [2.45, 2.75) is 461 Å². The molecule has 1 amide bonds. The third kappa shape index (κ3) is 53.1. The van der Waals surface area contributed by atoms with Gasteiger partial charge in [-0.15, -0.1) is 0 Å². The van der Waals surface area contributed by atoms with Crippen molar-refractivity contribution in [2.24, 2.45) is 0 Å². The van der Waals surface area contributed by atoms with Gasteiger partial charge in [0.2, 0.25) is 5.91 Å². The molecule has 0 spiro atoms. The predicted molar refractivity (Wildman–Crippen MR) is 360 cm³/mol. The summed E-state index contributed by atoms with van der Waals surface area (Å²) in [7, 11) is 0. The van der Waals surface area contributed by atoms with Gasteiger partial charge in [0.15, 0.2) is 6.29 Å². The molecule has 6 N–H and O–H groups in total. The maximum absolute atomic E-state index is 13.2. The lowest BCUT2D eigenvalue weighted by Crippen LogP contribution is -2.60. The summed E-state index contributed by atoms with van der Waals surface area (Å²) < 4.78 is 11.4. The minimum Gasteiger partial charge on any atom is -0.394 e. The molecule has 0 aliphatic carbocycles. The summed E-state index contributed by atoms with van der Waals surface area (Å²) in [6.45, 7) is 3.92. The SMILES string of the molecule is CCCCCCCCCCCCCCCCCCCCCCCCCCCCCCCCCCCCCC(=O)NC(COC1OC(CO)C(O)C(O)C1O)C(O)CCCCCCCCCCCCCCCCCCCCCCCCCCCC. The molecule has 0 bridgehead atoms. The molecular weight excluding hydrogens is 1040 g/mol. The zero-order valence-electron chi connectivity index (χ0n) is 56.5. The van der Waals surface area contributed by atoms with E-state index in [4.69, 9.17) is 9.47 Å². The Hall–Kier alpha value is -0.810. The van der Waals surface area contributed by atoms with E-state index in [0.717, 1.165) is 38.5 Å². The van der Waals surface area contributed by atoms with Crippen LogP contribution in [0.3, 0.4) is 0 Å².